The monoisotopic (exact) mass is 1030 g/mol. The summed E-state index contributed by atoms with van der Waals surface area (Å²) in [7, 11) is 0. The SMILES string of the molecule is CC(C)C[C@H](NC(=O)[C@H](C)NC(=O)[C@@H](N)C(C)C)C(=O)N[C@@H](Cc1cnc[nH]1)C(=O)N[C@@H](CO)C(=O)N[C@@H](CO)C(=O)N[C@H](C(=O)N[C@@H](CCC(N)=O)C(=O)N[C@@H](CO)C(=O)N[C@H](C(=O)O)C(C)C)C(C)C. The zero-order valence-corrected chi connectivity index (χ0v) is 42.1. The molecule has 1 heterocycles. The Hall–Kier alpha value is -6.78. The van der Waals surface area contributed by atoms with E-state index >= 15 is 0 Å². The highest BCUT2D eigenvalue weighted by molar-refractivity contribution is 5.98. The van der Waals surface area contributed by atoms with Crippen molar-refractivity contribution in [2.24, 2.45) is 35.1 Å². The average molecular weight is 1030 g/mol. The number of imidazole rings is 1. The summed E-state index contributed by atoms with van der Waals surface area (Å²) in [6, 6.07) is -14.6. The van der Waals surface area contributed by atoms with E-state index in [1.54, 1.807) is 27.7 Å². The number of aliphatic hydroxyl groups excluding tert-OH is 3. The van der Waals surface area contributed by atoms with E-state index in [4.69, 9.17) is 11.5 Å². The van der Waals surface area contributed by atoms with Crippen molar-refractivity contribution < 1.29 is 73.2 Å². The predicted molar refractivity (Wildman–Crippen MR) is 255 cm³/mol. The summed E-state index contributed by atoms with van der Waals surface area (Å²) in [4.78, 5) is 150. The Labute approximate surface area is 416 Å². The van der Waals surface area contributed by atoms with Gasteiger partial charge in [-0.1, -0.05) is 55.4 Å². The second-order valence-electron chi connectivity index (χ2n) is 18.6. The number of hydrogen-bond acceptors (Lipinski definition) is 16. The summed E-state index contributed by atoms with van der Waals surface area (Å²) >= 11 is 0. The number of hydrogen-bond donors (Lipinski definition) is 16. The summed E-state index contributed by atoms with van der Waals surface area (Å²) in [5.74, 6) is -12.7. The summed E-state index contributed by atoms with van der Waals surface area (Å²) in [6.07, 6.45) is 1.60. The second-order valence-corrected chi connectivity index (χ2v) is 18.6. The van der Waals surface area contributed by atoms with E-state index < -0.39 is 170 Å². The lowest BCUT2D eigenvalue weighted by Crippen LogP contribution is -2.62. The van der Waals surface area contributed by atoms with Crippen LogP contribution in [0.25, 0.3) is 0 Å². The number of carboxylic acid groups (broad SMARTS) is 1. The fourth-order valence-corrected chi connectivity index (χ4v) is 6.55. The number of rotatable bonds is 32. The first-order valence-electron chi connectivity index (χ1n) is 23.4. The maximum absolute atomic E-state index is 13.8. The number of aliphatic hydroxyl groups is 3. The Morgan fingerprint density at radius 2 is 0.944 bits per heavy atom. The lowest BCUT2D eigenvalue weighted by Gasteiger charge is -2.28. The minimum Gasteiger partial charge on any atom is -0.480 e. The van der Waals surface area contributed by atoms with Crippen molar-refractivity contribution in [1.29, 1.82) is 0 Å². The molecule has 1 rings (SSSR count). The van der Waals surface area contributed by atoms with E-state index in [2.05, 4.69) is 57.8 Å². The molecule has 0 aliphatic heterocycles. The highest BCUT2D eigenvalue weighted by Crippen LogP contribution is 2.10. The number of H-pyrrole nitrogens is 1. The van der Waals surface area contributed by atoms with Gasteiger partial charge in [0.2, 0.25) is 59.1 Å². The van der Waals surface area contributed by atoms with Crippen LogP contribution in [0.1, 0.15) is 87.3 Å². The van der Waals surface area contributed by atoms with Gasteiger partial charge in [-0.3, -0.25) is 47.9 Å². The van der Waals surface area contributed by atoms with Crippen LogP contribution < -0.4 is 59.3 Å². The van der Waals surface area contributed by atoms with E-state index in [1.165, 1.54) is 47.1 Å². The number of aromatic amines is 1. The van der Waals surface area contributed by atoms with Gasteiger partial charge in [0.25, 0.3) is 0 Å². The first-order chi connectivity index (χ1) is 33.6. The first-order valence-corrected chi connectivity index (χ1v) is 23.4. The maximum atomic E-state index is 13.8. The molecule has 0 aromatic carbocycles. The molecule has 0 bridgehead atoms. The summed E-state index contributed by atoms with van der Waals surface area (Å²) in [5, 5.41) is 61.0. The van der Waals surface area contributed by atoms with Crippen molar-refractivity contribution in [3.05, 3.63) is 18.2 Å². The minimum absolute atomic E-state index is 0.0840. The van der Waals surface area contributed by atoms with Crippen molar-refractivity contribution in [2.45, 2.75) is 148 Å². The Bertz CT molecular complexity index is 2020. The maximum Gasteiger partial charge on any atom is 0.326 e. The van der Waals surface area contributed by atoms with E-state index in [0.29, 0.717) is 5.69 Å². The number of nitrogens with two attached hydrogens (primary N) is 2. The van der Waals surface area contributed by atoms with E-state index in [0.717, 1.165) is 0 Å². The fourth-order valence-electron chi connectivity index (χ4n) is 6.55. The molecular weight excluding hydrogens is 951 g/mol. The van der Waals surface area contributed by atoms with E-state index in [1.807, 2.05) is 0 Å². The lowest BCUT2D eigenvalue weighted by atomic mass is 10.0. The third-order valence-corrected chi connectivity index (χ3v) is 11.0. The van der Waals surface area contributed by atoms with Crippen LogP contribution in [0, 0.1) is 23.7 Å². The smallest absolute Gasteiger partial charge is 0.326 e. The summed E-state index contributed by atoms with van der Waals surface area (Å²) < 4.78 is 0. The van der Waals surface area contributed by atoms with Crippen molar-refractivity contribution in [2.75, 3.05) is 19.8 Å². The molecule has 10 atom stereocenters. The topological polar surface area (TPSA) is 458 Å². The summed E-state index contributed by atoms with van der Waals surface area (Å²) in [6.45, 7) is 11.2. The molecule has 406 valence electrons. The molecule has 0 aliphatic rings. The highest BCUT2D eigenvalue weighted by atomic mass is 16.4. The molecule has 0 saturated carbocycles. The first kappa shape index (κ1) is 63.2. The standard InChI is InChI=1S/C44H75N13O15/c1-19(2)12-26(51-35(62)23(9)49-42(69)32(46)20(3)4)37(64)52-27(13-24-14-47-18-48-24)38(65)54-28(15-58)39(66)55-29(16-59)40(67)56-33(21(5)6)43(70)50-25(10-11-31(45)61)36(63)53-30(17-60)41(68)57-34(22(7)8)44(71)72/h14,18-23,25-30,32-34,58-60H,10-13,15-17,46H2,1-9H3,(H2,45,61)(H,47,48)(H,49,69)(H,50,70)(H,51,62)(H,52,64)(H,53,63)(H,54,65)(H,55,66)(H,56,67)(H,57,68)(H,71,72)/t23-,25-,26-,27-,28-,29-,30-,32-,33-,34-/m0/s1. The van der Waals surface area contributed by atoms with Crippen LogP contribution in [0.3, 0.4) is 0 Å². The molecular formula is C44H75N13O15. The third-order valence-electron chi connectivity index (χ3n) is 11.0. The Balaban J connectivity index is 3.26. The Morgan fingerprint density at radius 1 is 0.528 bits per heavy atom. The van der Waals surface area contributed by atoms with Gasteiger partial charge in [-0.05, 0) is 43.4 Å². The summed E-state index contributed by atoms with van der Waals surface area (Å²) in [5.41, 5.74) is 11.5. The number of aromatic nitrogens is 2. The van der Waals surface area contributed by atoms with Crippen LogP contribution in [0.2, 0.25) is 0 Å². The van der Waals surface area contributed by atoms with Gasteiger partial charge < -0.3 is 84.7 Å². The van der Waals surface area contributed by atoms with Crippen LogP contribution in [-0.4, -0.2) is 176 Å². The molecule has 0 spiro atoms. The van der Waals surface area contributed by atoms with Gasteiger partial charge in [-0.25, -0.2) is 9.78 Å². The van der Waals surface area contributed by atoms with Gasteiger partial charge in [0.05, 0.1) is 32.2 Å². The number of primary amides is 1. The molecule has 0 radical (unpaired) electrons. The van der Waals surface area contributed by atoms with Gasteiger partial charge in [-0.15, -0.1) is 0 Å². The van der Waals surface area contributed by atoms with Crippen LogP contribution in [-0.2, 0) is 59.2 Å². The third kappa shape index (κ3) is 21.3. The van der Waals surface area contributed by atoms with E-state index in [-0.39, 0.29) is 24.7 Å². The molecule has 72 heavy (non-hydrogen) atoms. The lowest BCUT2D eigenvalue weighted by molar-refractivity contribution is -0.144. The molecule has 0 unspecified atom stereocenters. The van der Waals surface area contributed by atoms with Crippen LogP contribution in [0.5, 0.6) is 0 Å². The van der Waals surface area contributed by atoms with Crippen LogP contribution in [0.4, 0.5) is 0 Å². The predicted octanol–water partition coefficient (Wildman–Crippen LogP) is -6.00. The van der Waals surface area contributed by atoms with Gasteiger partial charge in [0.1, 0.15) is 54.4 Å². The quantitative estimate of drug-likeness (QED) is 0.0319. The largest absolute Gasteiger partial charge is 0.480 e. The van der Waals surface area contributed by atoms with Gasteiger partial charge in [0, 0.05) is 24.7 Å². The second kappa shape index (κ2) is 30.8. The number of nitrogens with one attached hydrogen (secondary N) is 10. The van der Waals surface area contributed by atoms with Crippen molar-refractivity contribution in [3.8, 4) is 0 Å². The van der Waals surface area contributed by atoms with Crippen molar-refractivity contribution in [1.82, 2.24) is 57.8 Å². The molecule has 18 N–H and O–H groups in total. The fraction of sp³-hybridized carbons (Fsp3) is 0.682. The number of carbonyl (C=O) groups excluding carboxylic acids is 10. The molecule has 10 amide bonds. The van der Waals surface area contributed by atoms with Gasteiger partial charge in [-0.2, -0.15) is 0 Å². The number of carboxylic acids is 1. The molecule has 0 aliphatic carbocycles. The molecule has 1 aromatic heterocycles. The normalized spacial score (nSPS) is 15.5. The number of aliphatic carboxylic acids is 1. The van der Waals surface area contributed by atoms with E-state index in [9.17, 15) is 73.2 Å². The molecule has 28 heteroatoms. The zero-order valence-electron chi connectivity index (χ0n) is 42.1. The zero-order chi connectivity index (χ0) is 55.2. The average Bonchev–Trinajstić information content (AvgIpc) is 3.82. The Kier molecular flexibility index (Phi) is 27.1. The number of carbonyl (C=O) groups is 11. The molecule has 0 saturated heterocycles. The van der Waals surface area contributed by atoms with Crippen LogP contribution >= 0.6 is 0 Å². The molecule has 0 fully saturated rings. The van der Waals surface area contributed by atoms with Crippen molar-refractivity contribution >= 4 is 65.0 Å². The molecule has 28 nitrogen and oxygen atoms in total. The number of amides is 10. The van der Waals surface area contributed by atoms with Crippen LogP contribution in [0.15, 0.2) is 12.5 Å². The number of nitrogens with zero attached hydrogens (tertiary/aromatic N) is 1. The van der Waals surface area contributed by atoms with Gasteiger partial charge >= 0.3 is 5.97 Å². The highest BCUT2D eigenvalue weighted by Gasteiger charge is 2.36. The van der Waals surface area contributed by atoms with Gasteiger partial charge in [0.15, 0.2) is 0 Å². The van der Waals surface area contributed by atoms with Crippen molar-refractivity contribution in [3.63, 3.8) is 0 Å². The minimum atomic E-state index is -1.83. The Morgan fingerprint density at radius 3 is 1.36 bits per heavy atom. The molecule has 1 aromatic rings.